The molecule has 1 heterocycles. The SMILES string of the molecule is C=C(C)CC(=O)Cn1cc(CN)nn1. The monoisotopic (exact) mass is 194 g/mol. The molecule has 1 rings (SSSR count). The Bertz CT molecular complexity index is 342. The lowest BCUT2D eigenvalue weighted by Gasteiger charge is -1.98. The standard InChI is InChI=1S/C9H14N4O/c1-7(2)3-9(14)6-13-5-8(4-10)11-12-13/h5H,1,3-4,6,10H2,2H3. The van der Waals surface area contributed by atoms with E-state index in [4.69, 9.17) is 5.73 Å². The van der Waals surface area contributed by atoms with E-state index in [1.807, 2.05) is 6.92 Å². The molecule has 0 aromatic carbocycles. The Morgan fingerprint density at radius 1 is 1.71 bits per heavy atom. The van der Waals surface area contributed by atoms with Gasteiger partial charge in [-0.15, -0.1) is 5.10 Å². The van der Waals surface area contributed by atoms with Crippen LogP contribution in [0.5, 0.6) is 0 Å². The van der Waals surface area contributed by atoms with E-state index in [1.165, 1.54) is 4.68 Å². The molecule has 0 aliphatic heterocycles. The summed E-state index contributed by atoms with van der Waals surface area (Å²) in [7, 11) is 0. The Kier molecular flexibility index (Phi) is 3.53. The lowest BCUT2D eigenvalue weighted by molar-refractivity contribution is -0.119. The van der Waals surface area contributed by atoms with Gasteiger partial charge in [0.25, 0.3) is 0 Å². The minimum atomic E-state index is 0.0750. The topological polar surface area (TPSA) is 73.8 Å². The number of ketones is 1. The summed E-state index contributed by atoms with van der Waals surface area (Å²) in [6, 6.07) is 0. The van der Waals surface area contributed by atoms with Crippen molar-refractivity contribution in [1.29, 1.82) is 0 Å². The van der Waals surface area contributed by atoms with E-state index in [0.717, 1.165) is 5.57 Å². The van der Waals surface area contributed by atoms with Gasteiger partial charge in [-0.1, -0.05) is 17.4 Å². The van der Waals surface area contributed by atoms with Crippen molar-refractivity contribution < 1.29 is 4.79 Å². The number of carbonyl (C=O) groups excluding carboxylic acids is 1. The molecule has 76 valence electrons. The third-order valence-electron chi connectivity index (χ3n) is 1.63. The number of nitrogens with two attached hydrogens (primary N) is 1. The molecule has 1 aromatic heterocycles. The van der Waals surface area contributed by atoms with Gasteiger partial charge in [-0.3, -0.25) is 4.79 Å². The highest BCUT2D eigenvalue weighted by Crippen LogP contribution is 1.99. The molecule has 0 spiro atoms. The average Bonchev–Trinajstić information content (AvgIpc) is 2.50. The molecule has 0 bridgehead atoms. The van der Waals surface area contributed by atoms with Crippen molar-refractivity contribution in [2.45, 2.75) is 26.4 Å². The van der Waals surface area contributed by atoms with Crippen molar-refractivity contribution in [3.05, 3.63) is 24.0 Å². The van der Waals surface area contributed by atoms with Gasteiger partial charge in [0.1, 0.15) is 6.54 Å². The van der Waals surface area contributed by atoms with E-state index in [1.54, 1.807) is 6.20 Å². The van der Waals surface area contributed by atoms with Crippen LogP contribution in [0.15, 0.2) is 18.3 Å². The molecular weight excluding hydrogens is 180 g/mol. The summed E-state index contributed by atoms with van der Waals surface area (Å²) < 4.78 is 1.49. The molecule has 0 aliphatic rings. The molecule has 0 fully saturated rings. The zero-order valence-corrected chi connectivity index (χ0v) is 8.23. The first-order chi connectivity index (χ1) is 6.61. The summed E-state index contributed by atoms with van der Waals surface area (Å²) >= 11 is 0. The van der Waals surface area contributed by atoms with Gasteiger partial charge in [-0.05, 0) is 6.92 Å². The molecule has 0 amide bonds. The van der Waals surface area contributed by atoms with Gasteiger partial charge in [0.2, 0.25) is 0 Å². The average molecular weight is 194 g/mol. The van der Waals surface area contributed by atoms with Gasteiger partial charge in [0.05, 0.1) is 11.9 Å². The molecule has 2 N–H and O–H groups in total. The first kappa shape index (κ1) is 10.6. The zero-order valence-electron chi connectivity index (χ0n) is 8.23. The van der Waals surface area contributed by atoms with Gasteiger partial charge in [-0.25, -0.2) is 4.68 Å². The van der Waals surface area contributed by atoms with Crippen LogP contribution in [0, 0.1) is 0 Å². The van der Waals surface area contributed by atoms with Gasteiger partial charge in [-0.2, -0.15) is 0 Å². The Balaban J connectivity index is 2.51. The summed E-state index contributed by atoms with van der Waals surface area (Å²) in [5.74, 6) is 0.0750. The van der Waals surface area contributed by atoms with Crippen LogP contribution in [0.1, 0.15) is 19.0 Å². The molecule has 5 heteroatoms. The Morgan fingerprint density at radius 2 is 2.43 bits per heavy atom. The largest absolute Gasteiger partial charge is 0.325 e. The number of Topliss-reactive ketones (excluding diaryl/α,β-unsaturated/α-hetero) is 1. The van der Waals surface area contributed by atoms with Crippen molar-refractivity contribution >= 4 is 5.78 Å². The van der Waals surface area contributed by atoms with Crippen LogP contribution in [0.2, 0.25) is 0 Å². The smallest absolute Gasteiger partial charge is 0.158 e. The zero-order chi connectivity index (χ0) is 10.6. The van der Waals surface area contributed by atoms with Gasteiger partial charge in [0, 0.05) is 13.0 Å². The second-order valence-electron chi connectivity index (χ2n) is 3.28. The molecule has 0 saturated carbocycles. The molecule has 0 aliphatic carbocycles. The van der Waals surface area contributed by atoms with Crippen molar-refractivity contribution in [2.75, 3.05) is 0 Å². The quantitative estimate of drug-likeness (QED) is 0.683. The Labute approximate surface area is 82.6 Å². The fraction of sp³-hybridized carbons (Fsp3) is 0.444. The number of rotatable bonds is 5. The molecule has 0 saturated heterocycles. The Morgan fingerprint density at radius 3 is 2.93 bits per heavy atom. The minimum Gasteiger partial charge on any atom is -0.325 e. The van der Waals surface area contributed by atoms with E-state index in [9.17, 15) is 4.79 Å². The van der Waals surface area contributed by atoms with Crippen LogP contribution in [-0.4, -0.2) is 20.8 Å². The molecule has 0 atom stereocenters. The second kappa shape index (κ2) is 4.66. The maximum atomic E-state index is 11.3. The van der Waals surface area contributed by atoms with Crippen molar-refractivity contribution in [3.63, 3.8) is 0 Å². The van der Waals surface area contributed by atoms with Crippen LogP contribution in [0.25, 0.3) is 0 Å². The minimum absolute atomic E-state index is 0.0750. The number of hydrogen-bond acceptors (Lipinski definition) is 4. The molecule has 0 unspecified atom stereocenters. The predicted molar refractivity (Wildman–Crippen MR) is 52.4 cm³/mol. The number of hydrogen-bond donors (Lipinski definition) is 1. The molecule has 14 heavy (non-hydrogen) atoms. The maximum Gasteiger partial charge on any atom is 0.158 e. The third-order valence-corrected chi connectivity index (χ3v) is 1.63. The van der Waals surface area contributed by atoms with Crippen LogP contribution >= 0.6 is 0 Å². The fourth-order valence-electron chi connectivity index (χ4n) is 1.08. The first-order valence-corrected chi connectivity index (χ1v) is 4.37. The van der Waals surface area contributed by atoms with E-state index < -0.39 is 0 Å². The van der Waals surface area contributed by atoms with E-state index in [0.29, 0.717) is 18.7 Å². The lowest BCUT2D eigenvalue weighted by atomic mass is 10.2. The number of nitrogens with zero attached hydrogens (tertiary/aromatic N) is 3. The second-order valence-corrected chi connectivity index (χ2v) is 3.28. The van der Waals surface area contributed by atoms with Crippen molar-refractivity contribution in [3.8, 4) is 0 Å². The molecular formula is C9H14N4O. The summed E-state index contributed by atoms with van der Waals surface area (Å²) in [5.41, 5.74) is 6.90. The number of allylic oxidation sites excluding steroid dienone is 1. The molecule has 1 aromatic rings. The van der Waals surface area contributed by atoms with E-state index in [-0.39, 0.29) is 12.3 Å². The number of aromatic nitrogens is 3. The normalized spacial score (nSPS) is 10.1. The number of carbonyl (C=O) groups is 1. The molecule has 5 nitrogen and oxygen atoms in total. The summed E-state index contributed by atoms with van der Waals surface area (Å²) in [6.07, 6.45) is 2.06. The van der Waals surface area contributed by atoms with Gasteiger partial charge in [0.15, 0.2) is 5.78 Å². The molecule has 0 radical (unpaired) electrons. The van der Waals surface area contributed by atoms with E-state index >= 15 is 0 Å². The fourth-order valence-corrected chi connectivity index (χ4v) is 1.08. The van der Waals surface area contributed by atoms with E-state index in [2.05, 4.69) is 16.9 Å². The van der Waals surface area contributed by atoms with Crippen LogP contribution in [0.4, 0.5) is 0 Å². The highest BCUT2D eigenvalue weighted by atomic mass is 16.1. The lowest BCUT2D eigenvalue weighted by Crippen LogP contribution is -2.10. The summed E-state index contributed by atoms with van der Waals surface area (Å²) in [6.45, 7) is 6.07. The summed E-state index contributed by atoms with van der Waals surface area (Å²) in [4.78, 5) is 11.3. The third kappa shape index (κ3) is 3.10. The summed E-state index contributed by atoms with van der Waals surface area (Å²) in [5, 5.41) is 7.55. The highest BCUT2D eigenvalue weighted by Gasteiger charge is 2.05. The van der Waals surface area contributed by atoms with Crippen LogP contribution in [-0.2, 0) is 17.9 Å². The van der Waals surface area contributed by atoms with Crippen molar-refractivity contribution in [1.82, 2.24) is 15.0 Å². The predicted octanol–water partition coefficient (Wildman–Crippen LogP) is 0.272. The van der Waals surface area contributed by atoms with Gasteiger partial charge >= 0.3 is 0 Å². The van der Waals surface area contributed by atoms with Crippen LogP contribution < -0.4 is 5.73 Å². The maximum absolute atomic E-state index is 11.3. The first-order valence-electron chi connectivity index (χ1n) is 4.37. The van der Waals surface area contributed by atoms with Crippen LogP contribution in [0.3, 0.4) is 0 Å². The Hall–Kier alpha value is -1.49. The van der Waals surface area contributed by atoms with Gasteiger partial charge < -0.3 is 5.73 Å². The van der Waals surface area contributed by atoms with Crippen molar-refractivity contribution in [2.24, 2.45) is 5.73 Å². The highest BCUT2D eigenvalue weighted by molar-refractivity contribution is 5.80.